The first kappa shape index (κ1) is 19.5. The molecule has 4 rings (SSSR count). The van der Waals surface area contributed by atoms with E-state index in [1.807, 2.05) is 52.2 Å². The molecule has 1 saturated carbocycles. The highest BCUT2D eigenvalue weighted by Crippen LogP contribution is 2.27. The topological polar surface area (TPSA) is 74.6 Å². The molecule has 0 radical (unpaired) electrons. The summed E-state index contributed by atoms with van der Waals surface area (Å²) < 4.78 is 1.87. The summed E-state index contributed by atoms with van der Waals surface area (Å²) >= 11 is 0. The van der Waals surface area contributed by atoms with Gasteiger partial charge in [0.25, 0.3) is 0 Å². The number of carbonyl (C=O) groups excluding carboxylic acids is 1. The van der Waals surface area contributed by atoms with E-state index >= 15 is 0 Å². The first-order chi connectivity index (χ1) is 14.2. The predicted octanol–water partition coefficient (Wildman–Crippen LogP) is 2.33. The standard InChI is InChI=1S/C22H30N6O/c1-23-22(24-15-18-12-14-28(26-18)20-9-3-2-4-10-20)25-19-11-13-27(16-19)21(29)17-7-5-6-8-17/h2-4,9-10,12,14,17,19H,5-8,11,13,15-16H2,1H3,(H2,23,24,25). The Morgan fingerprint density at radius 2 is 1.97 bits per heavy atom. The zero-order chi connectivity index (χ0) is 20.1. The van der Waals surface area contributed by atoms with Gasteiger partial charge >= 0.3 is 0 Å². The number of amides is 1. The van der Waals surface area contributed by atoms with Crippen molar-refractivity contribution >= 4 is 11.9 Å². The van der Waals surface area contributed by atoms with Crippen molar-refractivity contribution in [3.05, 3.63) is 48.3 Å². The smallest absolute Gasteiger partial charge is 0.225 e. The Bertz CT molecular complexity index is 840. The minimum atomic E-state index is 0.244. The molecular formula is C22H30N6O. The maximum absolute atomic E-state index is 12.6. The lowest BCUT2D eigenvalue weighted by Gasteiger charge is -2.21. The van der Waals surface area contributed by atoms with Crippen LogP contribution >= 0.6 is 0 Å². The van der Waals surface area contributed by atoms with E-state index in [-0.39, 0.29) is 12.0 Å². The highest BCUT2D eigenvalue weighted by Gasteiger charge is 2.32. The third-order valence-corrected chi connectivity index (χ3v) is 5.87. The number of hydrogen-bond acceptors (Lipinski definition) is 3. The third kappa shape index (κ3) is 4.78. The number of benzene rings is 1. The van der Waals surface area contributed by atoms with Gasteiger partial charge in [0.15, 0.2) is 5.96 Å². The summed E-state index contributed by atoms with van der Waals surface area (Å²) in [5.41, 5.74) is 1.99. The molecule has 7 heteroatoms. The Labute approximate surface area is 172 Å². The van der Waals surface area contributed by atoms with E-state index in [0.29, 0.717) is 12.5 Å². The number of likely N-dealkylation sites (tertiary alicyclic amines) is 1. The van der Waals surface area contributed by atoms with Crippen LogP contribution in [-0.4, -0.2) is 52.7 Å². The summed E-state index contributed by atoms with van der Waals surface area (Å²) in [5, 5.41) is 11.4. The lowest BCUT2D eigenvalue weighted by molar-refractivity contribution is -0.134. The fraction of sp³-hybridized carbons (Fsp3) is 0.500. The van der Waals surface area contributed by atoms with E-state index in [2.05, 4.69) is 20.7 Å². The van der Waals surface area contributed by atoms with Crippen molar-refractivity contribution in [2.24, 2.45) is 10.9 Å². The minimum absolute atomic E-state index is 0.244. The second-order valence-corrected chi connectivity index (χ2v) is 7.91. The summed E-state index contributed by atoms with van der Waals surface area (Å²) in [6.45, 7) is 2.20. The number of hydrogen-bond donors (Lipinski definition) is 2. The van der Waals surface area contributed by atoms with Crippen molar-refractivity contribution in [3.63, 3.8) is 0 Å². The average molecular weight is 395 g/mol. The van der Waals surface area contributed by atoms with Gasteiger partial charge in [0, 0.05) is 38.3 Å². The highest BCUT2D eigenvalue weighted by molar-refractivity contribution is 5.81. The Morgan fingerprint density at radius 3 is 2.72 bits per heavy atom. The molecule has 0 spiro atoms. The molecule has 0 bridgehead atoms. The fourth-order valence-electron chi connectivity index (χ4n) is 4.25. The molecule has 29 heavy (non-hydrogen) atoms. The molecule has 1 saturated heterocycles. The van der Waals surface area contributed by atoms with Crippen LogP contribution in [0.3, 0.4) is 0 Å². The lowest BCUT2D eigenvalue weighted by Crippen LogP contribution is -2.45. The quantitative estimate of drug-likeness (QED) is 0.603. The van der Waals surface area contributed by atoms with Gasteiger partial charge in [-0.3, -0.25) is 9.79 Å². The molecule has 2 fully saturated rings. The largest absolute Gasteiger partial charge is 0.352 e. The highest BCUT2D eigenvalue weighted by atomic mass is 16.2. The third-order valence-electron chi connectivity index (χ3n) is 5.87. The van der Waals surface area contributed by atoms with Gasteiger partial charge in [0.1, 0.15) is 0 Å². The van der Waals surface area contributed by atoms with Crippen LogP contribution in [0, 0.1) is 5.92 Å². The molecule has 1 aromatic carbocycles. The van der Waals surface area contributed by atoms with Gasteiger partial charge in [0.05, 0.1) is 17.9 Å². The van der Waals surface area contributed by atoms with Gasteiger partial charge in [-0.05, 0) is 37.5 Å². The second-order valence-electron chi connectivity index (χ2n) is 7.91. The summed E-state index contributed by atoms with van der Waals surface area (Å²) in [6, 6.07) is 12.3. The van der Waals surface area contributed by atoms with Crippen LogP contribution in [-0.2, 0) is 11.3 Å². The van der Waals surface area contributed by atoms with Crippen LogP contribution in [0.15, 0.2) is 47.6 Å². The number of aliphatic imine (C=N–C) groups is 1. The van der Waals surface area contributed by atoms with Gasteiger partial charge in [-0.25, -0.2) is 4.68 Å². The molecule has 2 aromatic rings. The number of carbonyl (C=O) groups is 1. The van der Waals surface area contributed by atoms with Gasteiger partial charge in [-0.2, -0.15) is 5.10 Å². The molecule has 1 aliphatic heterocycles. The van der Waals surface area contributed by atoms with Crippen LogP contribution in [0.5, 0.6) is 0 Å². The molecule has 2 heterocycles. The molecule has 7 nitrogen and oxygen atoms in total. The second kappa shape index (κ2) is 9.11. The van der Waals surface area contributed by atoms with Gasteiger partial charge in [-0.1, -0.05) is 31.0 Å². The van der Waals surface area contributed by atoms with Crippen molar-refractivity contribution in [1.29, 1.82) is 0 Å². The molecular weight excluding hydrogens is 364 g/mol. The molecule has 2 N–H and O–H groups in total. The van der Waals surface area contributed by atoms with E-state index in [9.17, 15) is 4.79 Å². The van der Waals surface area contributed by atoms with Crippen LogP contribution < -0.4 is 10.6 Å². The van der Waals surface area contributed by atoms with Crippen molar-refractivity contribution < 1.29 is 4.79 Å². The van der Waals surface area contributed by atoms with E-state index in [1.165, 1.54) is 12.8 Å². The molecule has 154 valence electrons. The van der Waals surface area contributed by atoms with Crippen LogP contribution in [0.25, 0.3) is 5.69 Å². The normalized spacial score (nSPS) is 20.2. The monoisotopic (exact) mass is 394 g/mol. The van der Waals surface area contributed by atoms with Crippen LogP contribution in [0.4, 0.5) is 0 Å². The van der Waals surface area contributed by atoms with Crippen molar-refractivity contribution in [2.45, 2.75) is 44.7 Å². The summed E-state index contributed by atoms with van der Waals surface area (Å²) in [5.74, 6) is 1.35. The van der Waals surface area contributed by atoms with Crippen molar-refractivity contribution in [1.82, 2.24) is 25.3 Å². The molecule has 1 unspecified atom stereocenters. The predicted molar refractivity (Wildman–Crippen MR) is 114 cm³/mol. The van der Waals surface area contributed by atoms with Gasteiger partial charge < -0.3 is 15.5 Å². The average Bonchev–Trinajstić information content (AvgIpc) is 3.53. The number of rotatable bonds is 5. The number of aromatic nitrogens is 2. The maximum Gasteiger partial charge on any atom is 0.225 e. The zero-order valence-corrected chi connectivity index (χ0v) is 17.1. The fourth-order valence-corrected chi connectivity index (χ4v) is 4.25. The number of guanidine groups is 1. The number of nitrogens with one attached hydrogen (secondary N) is 2. The Morgan fingerprint density at radius 1 is 1.17 bits per heavy atom. The molecule has 2 aliphatic rings. The Balaban J connectivity index is 1.26. The lowest BCUT2D eigenvalue weighted by atomic mass is 10.1. The minimum Gasteiger partial charge on any atom is -0.352 e. The number of nitrogens with zero attached hydrogens (tertiary/aromatic N) is 4. The van der Waals surface area contributed by atoms with Gasteiger partial charge in [0.2, 0.25) is 5.91 Å². The van der Waals surface area contributed by atoms with Crippen molar-refractivity contribution in [3.8, 4) is 5.69 Å². The van der Waals surface area contributed by atoms with Crippen molar-refractivity contribution in [2.75, 3.05) is 20.1 Å². The van der Waals surface area contributed by atoms with E-state index in [0.717, 1.165) is 49.7 Å². The number of para-hydroxylation sites is 1. The zero-order valence-electron chi connectivity index (χ0n) is 17.1. The Kier molecular flexibility index (Phi) is 6.12. The van der Waals surface area contributed by atoms with Crippen LogP contribution in [0.1, 0.15) is 37.8 Å². The summed E-state index contributed by atoms with van der Waals surface area (Å²) in [4.78, 5) is 19.0. The maximum atomic E-state index is 12.6. The summed E-state index contributed by atoms with van der Waals surface area (Å²) in [7, 11) is 1.77. The molecule has 1 atom stereocenters. The first-order valence-electron chi connectivity index (χ1n) is 10.6. The van der Waals surface area contributed by atoms with E-state index in [1.54, 1.807) is 7.05 Å². The van der Waals surface area contributed by atoms with E-state index < -0.39 is 0 Å². The molecule has 1 aromatic heterocycles. The first-order valence-corrected chi connectivity index (χ1v) is 10.6. The van der Waals surface area contributed by atoms with Crippen LogP contribution in [0.2, 0.25) is 0 Å². The molecule has 1 amide bonds. The SMILES string of the molecule is CN=C(NCc1ccn(-c2ccccc2)n1)NC1CCN(C(=O)C2CCCC2)C1. The van der Waals surface area contributed by atoms with E-state index in [4.69, 9.17) is 0 Å². The van der Waals surface area contributed by atoms with Gasteiger partial charge in [-0.15, -0.1) is 0 Å². The molecule has 1 aliphatic carbocycles. The summed E-state index contributed by atoms with van der Waals surface area (Å²) in [6.07, 6.45) is 7.44. The Hall–Kier alpha value is -2.83.